The highest BCUT2D eigenvalue weighted by Crippen LogP contribution is 2.26. The van der Waals surface area contributed by atoms with Crippen molar-refractivity contribution in [1.29, 1.82) is 0 Å². The van der Waals surface area contributed by atoms with Crippen LogP contribution >= 0.6 is 11.6 Å². The zero-order valence-corrected chi connectivity index (χ0v) is 10.4. The van der Waals surface area contributed by atoms with E-state index >= 15 is 0 Å². The van der Waals surface area contributed by atoms with Crippen molar-refractivity contribution < 1.29 is 22.3 Å². The molecule has 6 heteroatoms. The van der Waals surface area contributed by atoms with Crippen molar-refractivity contribution >= 4 is 11.6 Å². The second-order valence-corrected chi connectivity index (χ2v) is 4.13. The highest BCUT2D eigenvalue weighted by Gasteiger charge is 2.20. The van der Waals surface area contributed by atoms with Crippen LogP contribution in [0.15, 0.2) is 6.07 Å². The predicted molar refractivity (Wildman–Crippen MR) is 61.0 cm³/mol. The molecule has 18 heavy (non-hydrogen) atoms. The zero-order chi connectivity index (χ0) is 13.5. The van der Waals surface area contributed by atoms with Gasteiger partial charge in [-0.05, 0) is 12.8 Å². The number of benzene rings is 1. The first-order chi connectivity index (χ1) is 8.57. The Bertz CT molecular complexity index is 372. The summed E-state index contributed by atoms with van der Waals surface area (Å²) >= 11 is 5.47. The Morgan fingerprint density at radius 2 is 1.44 bits per heavy atom. The van der Waals surface area contributed by atoms with Gasteiger partial charge in [0.25, 0.3) is 0 Å². The molecule has 0 heterocycles. The van der Waals surface area contributed by atoms with E-state index in [-0.39, 0.29) is 12.7 Å². The first-order valence-electron chi connectivity index (χ1n) is 5.59. The summed E-state index contributed by atoms with van der Waals surface area (Å²) in [6.45, 7) is -0.000973. The van der Waals surface area contributed by atoms with E-state index < -0.39 is 29.0 Å². The van der Waals surface area contributed by atoms with Gasteiger partial charge in [0.15, 0.2) is 17.4 Å². The molecule has 0 aromatic heterocycles. The lowest BCUT2D eigenvalue weighted by atomic mass is 10.2. The normalized spacial score (nSPS) is 10.7. The standard InChI is InChI=1S/C12H13ClF4O/c13-5-3-1-2-4-6-18-12-10(16)8(14)7-9(15)11(12)17/h7H,1-6H2. The molecule has 0 atom stereocenters. The molecule has 0 aliphatic carbocycles. The molecule has 0 amide bonds. The van der Waals surface area contributed by atoms with E-state index in [4.69, 9.17) is 16.3 Å². The zero-order valence-electron chi connectivity index (χ0n) is 9.62. The van der Waals surface area contributed by atoms with Gasteiger partial charge in [0.1, 0.15) is 0 Å². The van der Waals surface area contributed by atoms with Crippen LogP contribution in [0.5, 0.6) is 5.75 Å². The molecular formula is C12H13ClF4O. The molecule has 0 fully saturated rings. The number of unbranched alkanes of at least 4 members (excludes halogenated alkanes) is 3. The summed E-state index contributed by atoms with van der Waals surface area (Å²) in [6.07, 6.45) is 3.02. The maximum atomic E-state index is 13.1. The van der Waals surface area contributed by atoms with Crippen LogP contribution in [0.4, 0.5) is 17.6 Å². The minimum Gasteiger partial charge on any atom is -0.487 e. The first-order valence-corrected chi connectivity index (χ1v) is 6.13. The van der Waals surface area contributed by atoms with E-state index in [2.05, 4.69) is 0 Å². The summed E-state index contributed by atoms with van der Waals surface area (Å²) < 4.78 is 56.7. The molecule has 1 nitrogen and oxygen atoms in total. The maximum Gasteiger partial charge on any atom is 0.203 e. The number of hydrogen-bond donors (Lipinski definition) is 0. The fourth-order valence-electron chi connectivity index (χ4n) is 1.40. The Morgan fingerprint density at radius 3 is 2.00 bits per heavy atom. The quantitative estimate of drug-likeness (QED) is 0.312. The van der Waals surface area contributed by atoms with Crippen LogP contribution in [-0.2, 0) is 0 Å². The number of halogens is 5. The largest absolute Gasteiger partial charge is 0.487 e. The fourth-order valence-corrected chi connectivity index (χ4v) is 1.59. The van der Waals surface area contributed by atoms with Gasteiger partial charge < -0.3 is 4.74 Å². The van der Waals surface area contributed by atoms with Gasteiger partial charge in [0.2, 0.25) is 11.6 Å². The van der Waals surface area contributed by atoms with E-state index in [0.29, 0.717) is 12.3 Å². The van der Waals surface area contributed by atoms with E-state index in [1.807, 2.05) is 0 Å². The van der Waals surface area contributed by atoms with Gasteiger partial charge in [-0.2, -0.15) is 8.78 Å². The number of alkyl halides is 1. The molecule has 0 radical (unpaired) electrons. The molecule has 1 aromatic rings. The molecule has 0 aliphatic rings. The second kappa shape index (κ2) is 7.46. The summed E-state index contributed by atoms with van der Waals surface area (Å²) in [5.41, 5.74) is 0. The summed E-state index contributed by atoms with van der Waals surface area (Å²) in [6, 6.07) is 0.151. The van der Waals surface area contributed by atoms with Gasteiger partial charge in [-0.15, -0.1) is 11.6 Å². The number of ether oxygens (including phenoxy) is 1. The van der Waals surface area contributed by atoms with Gasteiger partial charge in [0, 0.05) is 11.9 Å². The molecule has 0 unspecified atom stereocenters. The van der Waals surface area contributed by atoms with Crippen molar-refractivity contribution in [3.05, 3.63) is 29.3 Å². The van der Waals surface area contributed by atoms with E-state index in [1.165, 1.54) is 0 Å². The van der Waals surface area contributed by atoms with Crippen LogP contribution in [0.3, 0.4) is 0 Å². The molecule has 0 N–H and O–H groups in total. The molecule has 0 aliphatic heterocycles. The lowest BCUT2D eigenvalue weighted by molar-refractivity contribution is 0.264. The maximum absolute atomic E-state index is 13.1. The van der Waals surface area contributed by atoms with Crippen LogP contribution in [0.25, 0.3) is 0 Å². The summed E-state index contributed by atoms with van der Waals surface area (Å²) in [4.78, 5) is 0. The van der Waals surface area contributed by atoms with Crippen molar-refractivity contribution in [1.82, 2.24) is 0 Å². The van der Waals surface area contributed by atoms with Gasteiger partial charge in [-0.25, -0.2) is 8.78 Å². The van der Waals surface area contributed by atoms with Crippen molar-refractivity contribution in [2.45, 2.75) is 25.7 Å². The molecule has 102 valence electrons. The van der Waals surface area contributed by atoms with Crippen molar-refractivity contribution in [3.63, 3.8) is 0 Å². The smallest absolute Gasteiger partial charge is 0.203 e. The minimum atomic E-state index is -1.50. The molecule has 0 saturated carbocycles. The van der Waals surface area contributed by atoms with E-state index in [1.54, 1.807) is 0 Å². The highest BCUT2D eigenvalue weighted by atomic mass is 35.5. The molecule has 1 rings (SSSR count). The SMILES string of the molecule is Fc1cc(F)c(F)c(OCCCCCCCl)c1F. The van der Waals surface area contributed by atoms with E-state index in [9.17, 15) is 17.6 Å². The number of hydrogen-bond acceptors (Lipinski definition) is 1. The third-order valence-corrected chi connectivity index (χ3v) is 2.61. The predicted octanol–water partition coefficient (Wildman–Crippen LogP) is 4.42. The van der Waals surface area contributed by atoms with Crippen molar-refractivity contribution in [3.8, 4) is 5.75 Å². The van der Waals surface area contributed by atoms with Crippen molar-refractivity contribution in [2.24, 2.45) is 0 Å². The van der Waals surface area contributed by atoms with Gasteiger partial charge in [0.05, 0.1) is 6.61 Å². The lowest BCUT2D eigenvalue weighted by Crippen LogP contribution is -2.05. The van der Waals surface area contributed by atoms with E-state index in [0.717, 1.165) is 19.3 Å². The van der Waals surface area contributed by atoms with Crippen LogP contribution in [0, 0.1) is 23.3 Å². The summed E-state index contributed by atoms with van der Waals surface area (Å²) in [5.74, 6) is -6.38. The third kappa shape index (κ3) is 4.05. The Balaban J connectivity index is 2.52. The topological polar surface area (TPSA) is 9.23 Å². The lowest BCUT2D eigenvalue weighted by Gasteiger charge is -2.09. The average molecular weight is 285 g/mol. The number of rotatable bonds is 7. The fraction of sp³-hybridized carbons (Fsp3) is 0.500. The summed E-state index contributed by atoms with van der Waals surface area (Å²) in [7, 11) is 0. The molecule has 0 spiro atoms. The van der Waals surface area contributed by atoms with Gasteiger partial charge in [-0.3, -0.25) is 0 Å². The van der Waals surface area contributed by atoms with Crippen LogP contribution in [0.2, 0.25) is 0 Å². The molecule has 0 saturated heterocycles. The highest BCUT2D eigenvalue weighted by molar-refractivity contribution is 6.17. The minimum absolute atomic E-state index is 0.000973. The third-order valence-electron chi connectivity index (χ3n) is 2.35. The Morgan fingerprint density at radius 1 is 0.889 bits per heavy atom. The second-order valence-electron chi connectivity index (χ2n) is 3.75. The molecule has 0 bridgehead atoms. The Hall–Kier alpha value is -0.970. The van der Waals surface area contributed by atoms with Crippen LogP contribution < -0.4 is 4.74 Å². The molecule has 1 aromatic carbocycles. The Labute approximate surface area is 108 Å². The Kier molecular flexibility index (Phi) is 6.25. The molecular weight excluding hydrogens is 272 g/mol. The average Bonchev–Trinajstić information content (AvgIpc) is 2.35. The first kappa shape index (κ1) is 15.1. The summed E-state index contributed by atoms with van der Waals surface area (Å²) in [5, 5.41) is 0. The van der Waals surface area contributed by atoms with Gasteiger partial charge >= 0.3 is 0 Å². The van der Waals surface area contributed by atoms with Crippen molar-refractivity contribution in [2.75, 3.05) is 12.5 Å². The monoisotopic (exact) mass is 284 g/mol. The van der Waals surface area contributed by atoms with Gasteiger partial charge in [-0.1, -0.05) is 12.8 Å². The van der Waals surface area contributed by atoms with Crippen LogP contribution in [0.1, 0.15) is 25.7 Å². The van der Waals surface area contributed by atoms with Crippen LogP contribution in [-0.4, -0.2) is 12.5 Å².